The van der Waals surface area contributed by atoms with Gasteiger partial charge in [0.05, 0.1) is 27.7 Å². The lowest BCUT2D eigenvalue weighted by molar-refractivity contribution is -0.0831. The molecule has 1 spiro atoms. The SMILES string of the molecule is C=S1(=O)NC(=O)c2ccc3c(c2)N(C[C@@H]2CC[C@H]2[C@@](OC)(c2ccccn2)/C=C/C[C@H](C)[C@H]1C)C[C@@]1(CCCc2cc(Cl)ccc21)CO3. The van der Waals surface area contributed by atoms with Gasteiger partial charge in [-0.2, -0.15) is 0 Å². The van der Waals surface area contributed by atoms with Crippen LogP contribution in [0.4, 0.5) is 5.69 Å². The number of ether oxygens (including phenoxy) is 2. The molecule has 0 radical (unpaired) electrons. The highest BCUT2D eigenvalue weighted by Gasteiger charge is 2.50. The van der Waals surface area contributed by atoms with Gasteiger partial charge in [0.25, 0.3) is 5.91 Å². The Hall–Kier alpha value is -3.33. The lowest BCUT2D eigenvalue weighted by atomic mass is 9.62. The minimum absolute atomic E-state index is 0.00434. The molecule has 9 heteroatoms. The van der Waals surface area contributed by atoms with Crippen LogP contribution in [-0.2, 0) is 31.9 Å². The molecule has 7 rings (SSSR count). The van der Waals surface area contributed by atoms with Crippen LogP contribution in [0.15, 0.2) is 72.9 Å². The van der Waals surface area contributed by atoms with Crippen molar-refractivity contribution in [2.45, 2.75) is 68.6 Å². The molecule has 3 aromatic rings. The number of carbonyl (C=O) groups is 1. The smallest absolute Gasteiger partial charge is 0.262 e. The highest BCUT2D eigenvalue weighted by Crippen LogP contribution is 2.51. The number of benzene rings is 2. The highest BCUT2D eigenvalue weighted by molar-refractivity contribution is 7.99. The zero-order valence-corrected chi connectivity index (χ0v) is 29.7. The van der Waals surface area contributed by atoms with E-state index in [4.69, 9.17) is 26.1 Å². The second-order valence-corrected chi connectivity index (χ2v) is 17.3. The van der Waals surface area contributed by atoms with Gasteiger partial charge in [-0.15, -0.1) is 0 Å². The van der Waals surface area contributed by atoms with Crippen LogP contribution in [0, 0.1) is 17.8 Å². The van der Waals surface area contributed by atoms with E-state index in [0.29, 0.717) is 24.5 Å². The number of hydrogen-bond donors (Lipinski definition) is 1. The Morgan fingerprint density at radius 2 is 2.00 bits per heavy atom. The number of anilines is 1. The minimum atomic E-state index is -2.96. The number of carbonyl (C=O) groups excluding carboxylic acids is 1. The number of aromatic nitrogens is 1. The normalized spacial score (nSPS) is 34.1. The maximum Gasteiger partial charge on any atom is 0.262 e. The van der Waals surface area contributed by atoms with Crippen molar-refractivity contribution in [3.05, 3.63) is 100 Å². The Morgan fingerprint density at radius 3 is 2.75 bits per heavy atom. The molecule has 1 saturated carbocycles. The van der Waals surface area contributed by atoms with Crippen LogP contribution >= 0.6 is 11.6 Å². The fourth-order valence-electron chi connectivity index (χ4n) is 8.54. The molecule has 1 amide bonds. The Balaban J connectivity index is 1.36. The van der Waals surface area contributed by atoms with Crippen LogP contribution < -0.4 is 14.4 Å². The predicted molar refractivity (Wildman–Crippen MR) is 194 cm³/mol. The topological polar surface area (TPSA) is 80.8 Å². The number of methoxy groups -OCH3 is 1. The Bertz CT molecular complexity index is 1830. The first-order valence-corrected chi connectivity index (χ1v) is 19.4. The summed E-state index contributed by atoms with van der Waals surface area (Å²) < 4.78 is 30.0. The van der Waals surface area contributed by atoms with Crippen molar-refractivity contribution in [1.82, 2.24) is 9.71 Å². The second-order valence-electron chi connectivity index (χ2n) is 14.4. The summed E-state index contributed by atoms with van der Waals surface area (Å²) in [5.41, 5.74) is 3.84. The summed E-state index contributed by atoms with van der Waals surface area (Å²) in [4.78, 5) is 21.0. The number of nitrogens with zero attached hydrogens (tertiary/aromatic N) is 2. The van der Waals surface area contributed by atoms with E-state index in [0.717, 1.165) is 67.3 Å². The number of hydrogen-bond acceptors (Lipinski definition) is 6. The van der Waals surface area contributed by atoms with Crippen molar-refractivity contribution in [3.63, 3.8) is 0 Å². The summed E-state index contributed by atoms with van der Waals surface area (Å²) in [5.74, 6) is 4.87. The molecular formula is C39H46ClN3O4S. The van der Waals surface area contributed by atoms with E-state index in [2.05, 4.69) is 52.8 Å². The van der Waals surface area contributed by atoms with E-state index in [1.807, 2.05) is 43.5 Å². The Kier molecular flexibility index (Phi) is 8.88. The molecule has 2 aromatic carbocycles. The zero-order chi connectivity index (χ0) is 33.7. The number of nitrogens with one attached hydrogen (secondary N) is 1. The molecule has 7 nitrogen and oxygen atoms in total. The maximum absolute atomic E-state index is 13.9. The number of rotatable bonds is 2. The lowest BCUT2D eigenvalue weighted by Gasteiger charge is -2.50. The summed E-state index contributed by atoms with van der Waals surface area (Å²) in [6.07, 6.45) is 11.9. The zero-order valence-electron chi connectivity index (χ0n) is 28.1. The van der Waals surface area contributed by atoms with Gasteiger partial charge in [-0.3, -0.25) is 14.5 Å². The van der Waals surface area contributed by atoms with Crippen molar-refractivity contribution < 1.29 is 18.5 Å². The molecule has 2 aliphatic carbocycles. The molecule has 48 heavy (non-hydrogen) atoms. The van der Waals surface area contributed by atoms with Gasteiger partial charge in [-0.05, 0) is 117 Å². The number of allylic oxidation sites excluding steroid dienone is 1. The first-order chi connectivity index (χ1) is 23.0. The number of fused-ring (bicyclic) bond motifs is 4. The lowest BCUT2D eigenvalue weighted by Crippen LogP contribution is -2.52. The Morgan fingerprint density at radius 1 is 1.15 bits per heavy atom. The van der Waals surface area contributed by atoms with Crippen LogP contribution in [-0.4, -0.2) is 53.0 Å². The number of amides is 1. The third-order valence-electron chi connectivity index (χ3n) is 11.7. The van der Waals surface area contributed by atoms with Crippen molar-refractivity contribution >= 4 is 38.8 Å². The van der Waals surface area contributed by atoms with E-state index in [1.54, 1.807) is 13.2 Å². The van der Waals surface area contributed by atoms with Crippen molar-refractivity contribution in [3.8, 4) is 5.75 Å². The van der Waals surface area contributed by atoms with Crippen LogP contribution in [0.2, 0.25) is 5.02 Å². The van der Waals surface area contributed by atoms with E-state index >= 15 is 0 Å². The predicted octanol–water partition coefficient (Wildman–Crippen LogP) is 7.12. The van der Waals surface area contributed by atoms with Gasteiger partial charge < -0.3 is 14.4 Å². The summed E-state index contributed by atoms with van der Waals surface area (Å²) in [7, 11) is -1.18. The van der Waals surface area contributed by atoms with Gasteiger partial charge in [0.1, 0.15) is 11.4 Å². The van der Waals surface area contributed by atoms with Gasteiger partial charge in [0.15, 0.2) is 0 Å². The van der Waals surface area contributed by atoms with Gasteiger partial charge in [0.2, 0.25) is 0 Å². The van der Waals surface area contributed by atoms with E-state index < -0.39 is 15.3 Å². The Labute approximate surface area is 290 Å². The first-order valence-electron chi connectivity index (χ1n) is 17.2. The standard InChI is InChI=1S/C39H46ClN3O4S/c1-26-9-7-19-39(46-3,36-11-5-6-20-41-36)33-15-12-30(33)23-43-24-38(18-8-10-28-21-31(40)14-16-32(28)38)25-47-35-17-13-29(22-34(35)43)37(44)42-48(4,45)27(26)2/h5-7,11,13-14,16-17,19-22,26-27,30,33H,4,8-10,12,15,18,23-25H2,1-3H3,(H,42,44,45)/b19-7+/t26-,27+,30-,33+,38-,39+,48?/m0/s1. The molecule has 2 aliphatic heterocycles. The van der Waals surface area contributed by atoms with Crippen molar-refractivity contribution in [2.75, 3.05) is 31.7 Å². The second kappa shape index (κ2) is 12.8. The molecular weight excluding hydrogens is 642 g/mol. The molecule has 0 saturated heterocycles. The largest absolute Gasteiger partial charge is 0.490 e. The summed E-state index contributed by atoms with van der Waals surface area (Å²) in [5, 5.41) is 0.397. The van der Waals surface area contributed by atoms with E-state index in [1.165, 1.54) is 11.1 Å². The van der Waals surface area contributed by atoms with Crippen molar-refractivity contribution in [1.29, 1.82) is 0 Å². The minimum Gasteiger partial charge on any atom is -0.490 e. The van der Waals surface area contributed by atoms with Crippen LogP contribution in [0.3, 0.4) is 0 Å². The third-order valence-corrected chi connectivity index (χ3v) is 14.1. The molecule has 1 N–H and O–H groups in total. The highest BCUT2D eigenvalue weighted by atomic mass is 35.5. The van der Waals surface area contributed by atoms with Gasteiger partial charge in [0, 0.05) is 53.6 Å². The average Bonchev–Trinajstić information content (AvgIpc) is 3.22. The molecule has 1 unspecified atom stereocenters. The number of halogens is 1. The molecule has 4 aliphatic rings. The van der Waals surface area contributed by atoms with E-state index in [9.17, 15) is 9.00 Å². The fraction of sp³-hybridized carbons (Fsp3) is 0.462. The van der Waals surface area contributed by atoms with Gasteiger partial charge >= 0.3 is 0 Å². The molecule has 1 fully saturated rings. The van der Waals surface area contributed by atoms with E-state index in [-0.39, 0.29) is 28.4 Å². The van der Waals surface area contributed by atoms with Crippen LogP contribution in [0.25, 0.3) is 0 Å². The number of pyridine rings is 1. The molecule has 254 valence electrons. The third kappa shape index (κ3) is 5.84. The molecule has 2 bridgehead atoms. The van der Waals surface area contributed by atoms with Crippen LogP contribution in [0.1, 0.15) is 73.1 Å². The fourth-order valence-corrected chi connectivity index (χ4v) is 10.2. The molecule has 3 heterocycles. The van der Waals surface area contributed by atoms with Gasteiger partial charge in [-0.25, -0.2) is 4.21 Å². The average molecular weight is 688 g/mol. The molecule has 7 atom stereocenters. The van der Waals surface area contributed by atoms with Crippen LogP contribution in [0.5, 0.6) is 5.75 Å². The maximum atomic E-state index is 13.9. The van der Waals surface area contributed by atoms with Crippen molar-refractivity contribution in [2.24, 2.45) is 17.8 Å². The summed E-state index contributed by atoms with van der Waals surface area (Å²) in [6, 6.07) is 17.9. The monoisotopic (exact) mass is 687 g/mol. The molecule has 1 aromatic heterocycles. The summed E-state index contributed by atoms with van der Waals surface area (Å²) in [6.45, 7) is 6.00. The first kappa shape index (κ1) is 33.2. The quantitative estimate of drug-likeness (QED) is 0.228. The van der Waals surface area contributed by atoms with Gasteiger partial charge in [-0.1, -0.05) is 42.8 Å². The number of aryl methyl sites for hydroxylation is 1. The summed E-state index contributed by atoms with van der Waals surface area (Å²) >= 11 is 6.48.